The number of rotatable bonds is 3. The van der Waals surface area contributed by atoms with Crippen molar-refractivity contribution in [2.24, 2.45) is 5.92 Å². The van der Waals surface area contributed by atoms with Crippen LogP contribution in [0.15, 0.2) is 12.1 Å². The van der Waals surface area contributed by atoms with Crippen molar-refractivity contribution in [1.29, 1.82) is 0 Å². The van der Waals surface area contributed by atoms with Crippen molar-refractivity contribution in [3.05, 3.63) is 28.3 Å². The smallest absolute Gasteiger partial charge is 0.169 e. The molecule has 0 amide bonds. The minimum Gasteiger partial charge on any atom is -0.496 e. The Morgan fingerprint density at radius 2 is 1.94 bits per heavy atom. The zero-order valence-corrected chi connectivity index (χ0v) is 11.7. The second-order valence-electron chi connectivity index (χ2n) is 5.00. The molecule has 0 heterocycles. The third kappa shape index (κ3) is 2.69. The van der Waals surface area contributed by atoms with Crippen LogP contribution < -0.4 is 4.74 Å². The average Bonchev–Trinajstić information content (AvgIpc) is 2.41. The molecule has 98 valence electrons. The summed E-state index contributed by atoms with van der Waals surface area (Å²) in [5.74, 6) is 0.973. The lowest BCUT2D eigenvalue weighted by Gasteiger charge is -2.21. The van der Waals surface area contributed by atoms with Gasteiger partial charge in [-0.2, -0.15) is 0 Å². The number of methoxy groups -OCH3 is 1. The van der Waals surface area contributed by atoms with Gasteiger partial charge in [0.25, 0.3) is 0 Å². The number of carbonyl (C=O) groups is 1. The lowest BCUT2D eigenvalue weighted by atomic mass is 9.83. The summed E-state index contributed by atoms with van der Waals surface area (Å²) < 4.78 is 5.29. The van der Waals surface area contributed by atoms with Crippen LogP contribution in [0.1, 0.15) is 48.0 Å². The Morgan fingerprint density at radius 1 is 1.28 bits per heavy atom. The van der Waals surface area contributed by atoms with Gasteiger partial charge < -0.3 is 4.74 Å². The van der Waals surface area contributed by atoms with E-state index in [9.17, 15) is 4.79 Å². The number of carbonyl (C=O) groups excluding carboxylic acids is 1. The molecule has 1 aromatic carbocycles. The van der Waals surface area contributed by atoms with Crippen molar-refractivity contribution < 1.29 is 9.53 Å². The average molecular weight is 267 g/mol. The summed E-state index contributed by atoms with van der Waals surface area (Å²) in [4.78, 5) is 12.5. The van der Waals surface area contributed by atoms with E-state index in [1.165, 1.54) is 6.42 Å². The molecule has 0 aliphatic heterocycles. The molecule has 18 heavy (non-hydrogen) atoms. The lowest BCUT2D eigenvalue weighted by molar-refractivity contribution is 0.0886. The monoisotopic (exact) mass is 266 g/mol. The van der Waals surface area contributed by atoms with E-state index in [4.69, 9.17) is 16.3 Å². The second-order valence-corrected chi connectivity index (χ2v) is 5.41. The van der Waals surface area contributed by atoms with Gasteiger partial charge in [0.2, 0.25) is 0 Å². The maximum atomic E-state index is 12.5. The first-order chi connectivity index (χ1) is 8.63. The van der Waals surface area contributed by atoms with E-state index in [0.29, 0.717) is 16.3 Å². The highest BCUT2D eigenvalue weighted by molar-refractivity contribution is 6.31. The van der Waals surface area contributed by atoms with Gasteiger partial charge in [-0.15, -0.1) is 0 Å². The van der Waals surface area contributed by atoms with E-state index in [0.717, 1.165) is 31.2 Å². The van der Waals surface area contributed by atoms with Gasteiger partial charge in [0.15, 0.2) is 5.78 Å². The molecule has 1 aromatic rings. The zero-order chi connectivity index (χ0) is 13.1. The largest absolute Gasteiger partial charge is 0.496 e. The molecule has 0 saturated heterocycles. The fourth-order valence-electron chi connectivity index (χ4n) is 2.61. The summed E-state index contributed by atoms with van der Waals surface area (Å²) in [7, 11) is 1.58. The first-order valence-electron chi connectivity index (χ1n) is 6.52. The number of hydrogen-bond donors (Lipinski definition) is 0. The van der Waals surface area contributed by atoms with E-state index in [1.807, 2.05) is 13.0 Å². The molecule has 1 fully saturated rings. The van der Waals surface area contributed by atoms with Crippen molar-refractivity contribution in [2.45, 2.75) is 39.0 Å². The van der Waals surface area contributed by atoms with Gasteiger partial charge in [-0.3, -0.25) is 4.79 Å². The topological polar surface area (TPSA) is 26.3 Å². The number of benzene rings is 1. The van der Waals surface area contributed by atoms with Gasteiger partial charge in [0.1, 0.15) is 5.75 Å². The maximum absolute atomic E-state index is 12.5. The molecular formula is C15H19ClO2. The molecule has 0 radical (unpaired) electrons. The van der Waals surface area contributed by atoms with Crippen LogP contribution in [0.4, 0.5) is 0 Å². The number of Topliss-reactive ketones (excluding diaryl/α,β-unsaturated/α-hetero) is 1. The molecule has 0 aromatic heterocycles. The Kier molecular flexibility index (Phi) is 4.28. The molecule has 0 unspecified atom stereocenters. The molecular weight excluding hydrogens is 248 g/mol. The van der Waals surface area contributed by atoms with Crippen LogP contribution in [0.5, 0.6) is 5.75 Å². The first-order valence-corrected chi connectivity index (χ1v) is 6.89. The summed E-state index contributed by atoms with van der Waals surface area (Å²) >= 11 is 6.06. The number of hydrogen-bond acceptors (Lipinski definition) is 2. The minimum absolute atomic E-state index is 0.160. The number of ketones is 1. The van der Waals surface area contributed by atoms with Crippen LogP contribution in [0.3, 0.4) is 0 Å². The predicted molar refractivity (Wildman–Crippen MR) is 73.6 cm³/mol. The third-order valence-electron chi connectivity index (χ3n) is 3.72. The van der Waals surface area contributed by atoms with Gasteiger partial charge in [-0.05, 0) is 37.5 Å². The SMILES string of the molecule is COc1cc(Cl)c(C)cc1C(=O)C1CCCCC1. The van der Waals surface area contributed by atoms with E-state index < -0.39 is 0 Å². The Bertz CT molecular complexity index is 448. The van der Waals surface area contributed by atoms with Crippen LogP contribution in [0.25, 0.3) is 0 Å². The Morgan fingerprint density at radius 3 is 2.56 bits per heavy atom. The summed E-state index contributed by atoms with van der Waals surface area (Å²) in [6, 6.07) is 3.60. The normalized spacial score (nSPS) is 16.6. The summed E-state index contributed by atoms with van der Waals surface area (Å²) in [5.41, 5.74) is 1.61. The quantitative estimate of drug-likeness (QED) is 0.757. The highest BCUT2D eigenvalue weighted by Gasteiger charge is 2.25. The molecule has 2 rings (SSSR count). The Labute approximate surface area is 113 Å². The summed E-state index contributed by atoms with van der Waals surface area (Å²) in [6.07, 6.45) is 5.57. The van der Waals surface area contributed by atoms with Gasteiger partial charge in [0, 0.05) is 10.9 Å². The summed E-state index contributed by atoms with van der Waals surface area (Å²) in [5, 5.41) is 0.645. The van der Waals surface area contributed by atoms with Crippen molar-refractivity contribution in [3.63, 3.8) is 0 Å². The molecule has 0 bridgehead atoms. The lowest BCUT2D eigenvalue weighted by Crippen LogP contribution is -2.18. The van der Waals surface area contributed by atoms with Crippen LogP contribution in [0.2, 0.25) is 5.02 Å². The van der Waals surface area contributed by atoms with Crippen molar-refractivity contribution in [3.8, 4) is 5.75 Å². The highest BCUT2D eigenvalue weighted by atomic mass is 35.5. The minimum atomic E-state index is 0.160. The molecule has 1 aliphatic carbocycles. The maximum Gasteiger partial charge on any atom is 0.169 e. The predicted octanol–water partition coefficient (Wildman–Crippen LogP) is 4.42. The highest BCUT2D eigenvalue weighted by Crippen LogP contribution is 2.32. The Balaban J connectivity index is 2.31. The standard InChI is InChI=1S/C15H19ClO2/c1-10-8-12(14(18-2)9-13(10)16)15(17)11-6-4-3-5-7-11/h8-9,11H,3-7H2,1-2H3. The van der Waals surface area contributed by atoms with Crippen LogP contribution >= 0.6 is 11.6 Å². The second kappa shape index (κ2) is 5.75. The fourth-order valence-corrected chi connectivity index (χ4v) is 2.76. The van der Waals surface area contributed by atoms with E-state index in [1.54, 1.807) is 13.2 Å². The molecule has 0 N–H and O–H groups in total. The molecule has 0 atom stereocenters. The van der Waals surface area contributed by atoms with Crippen LogP contribution in [-0.4, -0.2) is 12.9 Å². The molecule has 3 heteroatoms. The number of ether oxygens (including phenoxy) is 1. The van der Waals surface area contributed by atoms with Gasteiger partial charge in [-0.25, -0.2) is 0 Å². The molecule has 1 saturated carbocycles. The van der Waals surface area contributed by atoms with Gasteiger partial charge >= 0.3 is 0 Å². The third-order valence-corrected chi connectivity index (χ3v) is 4.13. The van der Waals surface area contributed by atoms with E-state index in [2.05, 4.69) is 0 Å². The Hall–Kier alpha value is -1.02. The number of halogens is 1. The number of aryl methyl sites for hydroxylation is 1. The fraction of sp³-hybridized carbons (Fsp3) is 0.533. The zero-order valence-electron chi connectivity index (χ0n) is 11.0. The van der Waals surface area contributed by atoms with Crippen LogP contribution in [-0.2, 0) is 0 Å². The van der Waals surface area contributed by atoms with Crippen molar-refractivity contribution in [1.82, 2.24) is 0 Å². The molecule has 2 nitrogen and oxygen atoms in total. The van der Waals surface area contributed by atoms with Gasteiger partial charge in [0.05, 0.1) is 12.7 Å². The first kappa shape index (κ1) is 13.4. The van der Waals surface area contributed by atoms with Crippen molar-refractivity contribution >= 4 is 17.4 Å². The molecule has 1 aliphatic rings. The van der Waals surface area contributed by atoms with Crippen molar-refractivity contribution in [2.75, 3.05) is 7.11 Å². The van der Waals surface area contributed by atoms with E-state index in [-0.39, 0.29) is 11.7 Å². The van der Waals surface area contributed by atoms with Crippen LogP contribution in [0, 0.1) is 12.8 Å². The summed E-state index contributed by atoms with van der Waals surface area (Å²) in [6.45, 7) is 1.92. The van der Waals surface area contributed by atoms with Gasteiger partial charge in [-0.1, -0.05) is 30.9 Å². The van der Waals surface area contributed by atoms with E-state index >= 15 is 0 Å². The molecule has 0 spiro atoms.